The van der Waals surface area contributed by atoms with E-state index in [1.807, 2.05) is 17.5 Å². The zero-order valence-electron chi connectivity index (χ0n) is 15.1. The van der Waals surface area contributed by atoms with Crippen LogP contribution in [0.4, 0.5) is 4.39 Å². The number of carbonyl (C=O) groups excluding carboxylic acids is 3. The lowest BCUT2D eigenvalue weighted by molar-refractivity contribution is -0.140. The first-order chi connectivity index (χ1) is 13.5. The van der Waals surface area contributed by atoms with Crippen molar-refractivity contribution in [1.29, 1.82) is 0 Å². The fourth-order valence-corrected chi connectivity index (χ4v) is 3.79. The van der Waals surface area contributed by atoms with Gasteiger partial charge in [-0.25, -0.2) is 4.39 Å². The highest BCUT2D eigenvalue weighted by Gasteiger charge is 2.42. The number of amides is 3. The van der Waals surface area contributed by atoms with E-state index < -0.39 is 23.8 Å². The van der Waals surface area contributed by atoms with Crippen molar-refractivity contribution >= 4 is 29.1 Å². The fourth-order valence-electron chi connectivity index (χ4n) is 3.09. The summed E-state index contributed by atoms with van der Waals surface area (Å²) in [5.41, 5.74) is 5.71. The van der Waals surface area contributed by atoms with Gasteiger partial charge >= 0.3 is 0 Å². The van der Waals surface area contributed by atoms with Crippen LogP contribution in [-0.2, 0) is 16.0 Å². The van der Waals surface area contributed by atoms with Crippen molar-refractivity contribution in [1.82, 2.24) is 15.1 Å². The summed E-state index contributed by atoms with van der Waals surface area (Å²) in [6.45, 7) is 0.944. The zero-order valence-corrected chi connectivity index (χ0v) is 16.0. The Balaban J connectivity index is 1.82. The molecular weight excluding hydrogens is 383 g/mol. The molecular formula is C19H21FN4O3S. The lowest BCUT2D eigenvalue weighted by Crippen LogP contribution is -2.54. The lowest BCUT2D eigenvalue weighted by atomic mass is 10.2. The Morgan fingerprint density at radius 3 is 2.50 bits per heavy atom. The van der Waals surface area contributed by atoms with Gasteiger partial charge in [0.15, 0.2) is 6.17 Å². The van der Waals surface area contributed by atoms with Crippen LogP contribution in [0, 0.1) is 5.82 Å². The van der Waals surface area contributed by atoms with Crippen molar-refractivity contribution in [3.63, 3.8) is 0 Å². The molecule has 0 bridgehead atoms. The molecule has 28 heavy (non-hydrogen) atoms. The summed E-state index contributed by atoms with van der Waals surface area (Å²) < 4.78 is 13.2. The molecule has 0 spiro atoms. The van der Waals surface area contributed by atoms with Crippen LogP contribution in [0.25, 0.3) is 0 Å². The third-order valence-corrected chi connectivity index (χ3v) is 5.30. The molecule has 2 heterocycles. The number of nitrogens with zero attached hydrogens (tertiary/aromatic N) is 2. The minimum atomic E-state index is -1.06. The summed E-state index contributed by atoms with van der Waals surface area (Å²) >= 11 is 1.46. The molecule has 1 aliphatic rings. The molecule has 1 unspecified atom stereocenters. The zero-order chi connectivity index (χ0) is 20.1. The number of rotatable bonds is 6. The molecule has 7 nitrogen and oxygen atoms in total. The Labute approximate surface area is 165 Å². The molecule has 3 rings (SSSR count). The van der Waals surface area contributed by atoms with Crippen LogP contribution in [0.5, 0.6) is 0 Å². The third kappa shape index (κ3) is 4.37. The minimum Gasteiger partial charge on any atom is -0.351 e. The monoisotopic (exact) mass is 404 g/mol. The molecule has 9 heteroatoms. The molecule has 1 saturated heterocycles. The van der Waals surface area contributed by atoms with Gasteiger partial charge in [-0.1, -0.05) is 6.07 Å². The maximum Gasteiger partial charge on any atom is 0.263 e. The van der Waals surface area contributed by atoms with Gasteiger partial charge in [-0.05, 0) is 35.7 Å². The van der Waals surface area contributed by atoms with Crippen molar-refractivity contribution in [2.45, 2.75) is 12.6 Å². The summed E-state index contributed by atoms with van der Waals surface area (Å²) in [5.74, 6) is -1.58. The van der Waals surface area contributed by atoms with Crippen LogP contribution in [0.3, 0.4) is 0 Å². The van der Waals surface area contributed by atoms with Gasteiger partial charge in [-0.15, -0.1) is 11.3 Å². The Kier molecular flexibility index (Phi) is 6.37. The number of hydrogen-bond acceptors (Lipinski definition) is 5. The Hall–Kier alpha value is -2.78. The number of nitrogens with two attached hydrogens (primary N) is 1. The highest BCUT2D eigenvalue weighted by Crippen LogP contribution is 2.21. The van der Waals surface area contributed by atoms with Crippen LogP contribution >= 0.6 is 11.3 Å². The molecule has 3 amide bonds. The van der Waals surface area contributed by atoms with Gasteiger partial charge in [0.05, 0.1) is 6.42 Å². The van der Waals surface area contributed by atoms with Gasteiger partial charge in [-0.2, -0.15) is 0 Å². The van der Waals surface area contributed by atoms with E-state index in [0.717, 1.165) is 4.88 Å². The van der Waals surface area contributed by atoms with Crippen LogP contribution in [0.15, 0.2) is 41.8 Å². The minimum absolute atomic E-state index is 0.164. The quantitative estimate of drug-likeness (QED) is 0.745. The van der Waals surface area contributed by atoms with Gasteiger partial charge in [-0.3, -0.25) is 14.4 Å². The average molecular weight is 404 g/mol. The van der Waals surface area contributed by atoms with Gasteiger partial charge < -0.3 is 20.9 Å². The molecule has 3 N–H and O–H groups in total. The second-order valence-electron chi connectivity index (χ2n) is 6.30. The lowest BCUT2D eigenvalue weighted by Gasteiger charge is -2.29. The summed E-state index contributed by atoms with van der Waals surface area (Å²) in [7, 11) is 0. The average Bonchev–Trinajstić information content (AvgIpc) is 3.35. The standard InChI is InChI=1S/C19H21FN4O3S/c20-14-5-3-13(4-6-14)19(27)24-10-9-23(18(24)17(26)22-8-7-21)16(25)12-15-2-1-11-28-15/h1-6,11,18H,7-10,12,21H2,(H,22,26). The highest BCUT2D eigenvalue weighted by molar-refractivity contribution is 7.10. The van der Waals surface area contributed by atoms with E-state index >= 15 is 0 Å². The SMILES string of the molecule is NCCNC(=O)C1N(C(=O)Cc2cccs2)CCN1C(=O)c1ccc(F)cc1. The normalized spacial score (nSPS) is 16.3. The first-order valence-corrected chi connectivity index (χ1v) is 9.75. The van der Waals surface area contributed by atoms with Gasteiger partial charge in [0.25, 0.3) is 11.8 Å². The maximum atomic E-state index is 13.2. The van der Waals surface area contributed by atoms with Crippen molar-refractivity contribution in [3.8, 4) is 0 Å². The predicted molar refractivity (Wildman–Crippen MR) is 103 cm³/mol. The number of carbonyl (C=O) groups is 3. The Bertz CT molecular complexity index is 841. The van der Waals surface area contributed by atoms with E-state index in [2.05, 4.69) is 5.32 Å². The van der Waals surface area contributed by atoms with Crippen LogP contribution < -0.4 is 11.1 Å². The van der Waals surface area contributed by atoms with Gasteiger partial charge in [0.2, 0.25) is 5.91 Å². The van der Waals surface area contributed by atoms with E-state index in [-0.39, 0.29) is 44.1 Å². The molecule has 0 saturated carbocycles. The molecule has 0 radical (unpaired) electrons. The van der Waals surface area contributed by atoms with E-state index in [4.69, 9.17) is 5.73 Å². The van der Waals surface area contributed by atoms with E-state index in [9.17, 15) is 18.8 Å². The summed E-state index contributed by atoms with van der Waals surface area (Å²) in [5, 5.41) is 4.53. The molecule has 1 aromatic heterocycles. The predicted octanol–water partition coefficient (Wildman–Crippen LogP) is 0.815. The number of halogens is 1. The maximum absolute atomic E-state index is 13.2. The van der Waals surface area contributed by atoms with E-state index in [1.54, 1.807) is 0 Å². The van der Waals surface area contributed by atoms with Crippen molar-refractivity contribution < 1.29 is 18.8 Å². The van der Waals surface area contributed by atoms with Gasteiger partial charge in [0, 0.05) is 36.6 Å². The number of benzene rings is 1. The third-order valence-electron chi connectivity index (χ3n) is 4.43. The topological polar surface area (TPSA) is 95.7 Å². The first kappa shape index (κ1) is 20.0. The summed E-state index contributed by atoms with van der Waals surface area (Å²) in [4.78, 5) is 42.0. The molecule has 2 aromatic rings. The smallest absolute Gasteiger partial charge is 0.263 e. The van der Waals surface area contributed by atoms with Gasteiger partial charge in [0.1, 0.15) is 5.82 Å². The Morgan fingerprint density at radius 1 is 1.14 bits per heavy atom. The second-order valence-corrected chi connectivity index (χ2v) is 7.33. The molecule has 1 atom stereocenters. The molecule has 1 aromatic carbocycles. The second kappa shape index (κ2) is 8.94. The molecule has 1 aliphatic heterocycles. The number of nitrogens with one attached hydrogen (secondary N) is 1. The van der Waals surface area contributed by atoms with Crippen LogP contribution in [0.2, 0.25) is 0 Å². The Morgan fingerprint density at radius 2 is 1.86 bits per heavy atom. The van der Waals surface area contributed by atoms with E-state index in [0.29, 0.717) is 0 Å². The van der Waals surface area contributed by atoms with Crippen LogP contribution in [-0.4, -0.2) is 59.9 Å². The molecule has 0 aliphatic carbocycles. The fraction of sp³-hybridized carbons (Fsp3) is 0.316. The van der Waals surface area contributed by atoms with Crippen molar-refractivity contribution in [3.05, 3.63) is 58.0 Å². The molecule has 1 fully saturated rings. The largest absolute Gasteiger partial charge is 0.351 e. The highest BCUT2D eigenvalue weighted by atomic mass is 32.1. The number of thiophene rings is 1. The molecule has 148 valence electrons. The number of hydrogen-bond donors (Lipinski definition) is 2. The first-order valence-electron chi connectivity index (χ1n) is 8.87. The van der Waals surface area contributed by atoms with E-state index in [1.165, 1.54) is 45.4 Å². The van der Waals surface area contributed by atoms with Crippen molar-refractivity contribution in [2.75, 3.05) is 26.2 Å². The summed E-state index contributed by atoms with van der Waals surface area (Å²) in [6.07, 6.45) is -0.895. The van der Waals surface area contributed by atoms with Crippen molar-refractivity contribution in [2.24, 2.45) is 5.73 Å². The summed E-state index contributed by atoms with van der Waals surface area (Å²) in [6, 6.07) is 8.81. The van der Waals surface area contributed by atoms with Crippen LogP contribution in [0.1, 0.15) is 15.2 Å².